The fraction of sp³-hybridized carbons (Fsp3) is 0.311. The number of amides is 2. The number of carbonyl (C=O) groups is 2. The summed E-state index contributed by atoms with van der Waals surface area (Å²) in [6.07, 6.45) is 4.46. The number of hydrogen-bond donors (Lipinski definition) is 4. The summed E-state index contributed by atoms with van der Waals surface area (Å²) < 4.78 is 13.2. The predicted octanol–water partition coefficient (Wildman–Crippen LogP) is 7.36. The summed E-state index contributed by atoms with van der Waals surface area (Å²) in [6, 6.07) is 37.4. The lowest BCUT2D eigenvalue weighted by Gasteiger charge is -2.38. The molecule has 2 heterocycles. The van der Waals surface area contributed by atoms with E-state index in [1.165, 1.54) is 0 Å². The molecule has 3 atom stereocenters. The molecule has 5 N–H and O–H groups in total. The molecular formula is C45H51N5O5. The number of hydrogen-bond acceptors (Lipinski definition) is 8. The van der Waals surface area contributed by atoms with Crippen LogP contribution in [-0.4, -0.2) is 53.0 Å². The number of unbranched alkanes of at least 4 members (excludes halogenated alkanes) is 1. The first-order valence-electron chi connectivity index (χ1n) is 19.0. The van der Waals surface area contributed by atoms with Crippen LogP contribution in [0.2, 0.25) is 0 Å². The highest BCUT2D eigenvalue weighted by Crippen LogP contribution is 2.39. The number of para-hydroxylation sites is 2. The number of aromatic nitrogens is 1. The molecule has 2 amide bonds. The summed E-state index contributed by atoms with van der Waals surface area (Å²) in [5.41, 5.74) is 14.0. The molecule has 10 nitrogen and oxygen atoms in total. The van der Waals surface area contributed by atoms with E-state index < -0.39 is 6.29 Å². The first-order valence-corrected chi connectivity index (χ1v) is 19.0. The quantitative estimate of drug-likeness (QED) is 0.0573. The second-order valence-electron chi connectivity index (χ2n) is 14.1. The maximum atomic E-state index is 12.7. The van der Waals surface area contributed by atoms with Gasteiger partial charge in [0.1, 0.15) is 0 Å². The Morgan fingerprint density at radius 1 is 0.836 bits per heavy atom. The van der Waals surface area contributed by atoms with Crippen LogP contribution in [0.25, 0.3) is 11.1 Å². The van der Waals surface area contributed by atoms with Gasteiger partial charge in [0.05, 0.1) is 30.2 Å². The van der Waals surface area contributed by atoms with Crippen LogP contribution in [0.4, 0.5) is 11.4 Å². The minimum absolute atomic E-state index is 0.00291. The Morgan fingerprint density at radius 3 is 2.29 bits per heavy atom. The third-order valence-corrected chi connectivity index (χ3v) is 9.89. The van der Waals surface area contributed by atoms with Gasteiger partial charge in [0.2, 0.25) is 11.8 Å². The number of aliphatic hydroxyl groups excluding tert-OH is 1. The minimum Gasteiger partial charge on any atom is -0.397 e. The summed E-state index contributed by atoms with van der Waals surface area (Å²) in [7, 11) is 2.11. The molecule has 0 radical (unpaired) electrons. The van der Waals surface area contributed by atoms with E-state index >= 15 is 0 Å². The summed E-state index contributed by atoms with van der Waals surface area (Å²) >= 11 is 0. The molecular weight excluding hydrogens is 691 g/mol. The van der Waals surface area contributed by atoms with E-state index in [2.05, 4.69) is 64.0 Å². The number of nitrogen functional groups attached to an aromatic ring is 1. The van der Waals surface area contributed by atoms with Crippen molar-refractivity contribution in [2.24, 2.45) is 0 Å². The number of likely N-dealkylation sites (N-methyl/N-ethyl adjacent to an activating group) is 1. The van der Waals surface area contributed by atoms with Crippen molar-refractivity contribution in [1.29, 1.82) is 0 Å². The summed E-state index contributed by atoms with van der Waals surface area (Å²) in [5.74, 6) is -0.171. The van der Waals surface area contributed by atoms with Crippen molar-refractivity contribution < 1.29 is 24.2 Å². The van der Waals surface area contributed by atoms with Gasteiger partial charge in [-0.25, -0.2) is 0 Å². The third-order valence-electron chi connectivity index (χ3n) is 9.89. The molecule has 6 rings (SSSR count). The average molecular weight is 742 g/mol. The van der Waals surface area contributed by atoms with E-state index in [1.54, 1.807) is 12.1 Å². The molecule has 0 spiro atoms. The van der Waals surface area contributed by atoms with Gasteiger partial charge in [-0.2, -0.15) is 0 Å². The SMILES string of the molecule is CN(CCc1ccccn1)CC1CC(c2ccc(CO)cc2)OC(c2ccc(-c3ccccc3CNC(=O)CCCCC(=O)Nc3ccccc3N)cc2)O1. The van der Waals surface area contributed by atoms with Gasteiger partial charge in [-0.05, 0) is 72.0 Å². The highest BCUT2D eigenvalue weighted by molar-refractivity contribution is 5.93. The van der Waals surface area contributed by atoms with Crippen LogP contribution in [-0.2, 0) is 38.6 Å². The van der Waals surface area contributed by atoms with E-state index in [9.17, 15) is 14.7 Å². The van der Waals surface area contributed by atoms with E-state index in [4.69, 9.17) is 15.2 Å². The van der Waals surface area contributed by atoms with Gasteiger partial charge in [0.25, 0.3) is 0 Å². The van der Waals surface area contributed by atoms with Crippen molar-refractivity contribution in [1.82, 2.24) is 15.2 Å². The number of ether oxygens (including phenoxy) is 2. The minimum atomic E-state index is -0.559. The van der Waals surface area contributed by atoms with Crippen molar-refractivity contribution in [3.8, 4) is 11.1 Å². The van der Waals surface area contributed by atoms with Crippen molar-refractivity contribution in [3.05, 3.63) is 149 Å². The molecule has 0 saturated carbocycles. The first-order chi connectivity index (χ1) is 26.8. The van der Waals surface area contributed by atoms with Crippen LogP contribution < -0.4 is 16.4 Å². The number of carbonyl (C=O) groups excluding carboxylic acids is 2. The zero-order valence-electron chi connectivity index (χ0n) is 31.4. The molecule has 3 unspecified atom stereocenters. The Bertz CT molecular complexity index is 1970. The van der Waals surface area contributed by atoms with E-state index in [0.717, 1.165) is 58.6 Å². The molecule has 1 fully saturated rings. The zero-order chi connectivity index (χ0) is 38.4. The maximum Gasteiger partial charge on any atom is 0.224 e. The molecule has 5 aromatic rings. The Hall–Kier alpha value is -5.39. The van der Waals surface area contributed by atoms with Crippen LogP contribution in [0.15, 0.2) is 121 Å². The standard InChI is InChI=1S/C45H51N5O5/c1-50(27-25-37-11-8-9-26-47-37)30-38-28-42(34-19-17-32(31-51)18-20-34)55-45(54-38)35-23-21-33(22-24-35)39-12-3-2-10-36(39)29-48-43(52)15-6-7-16-44(53)49-41-14-5-4-13-40(41)46/h2-5,8-14,17-24,26,38,42,45,51H,6-7,15-16,25,27-31,46H2,1H3,(H,48,52)(H,49,53). The van der Waals surface area contributed by atoms with Crippen molar-refractivity contribution in [2.45, 2.75) is 70.2 Å². The number of aliphatic hydroxyl groups is 1. The van der Waals surface area contributed by atoms with Gasteiger partial charge in [-0.3, -0.25) is 14.6 Å². The van der Waals surface area contributed by atoms with Crippen LogP contribution in [0.3, 0.4) is 0 Å². The van der Waals surface area contributed by atoms with E-state index in [1.807, 2.05) is 72.9 Å². The van der Waals surface area contributed by atoms with Gasteiger partial charge in [-0.15, -0.1) is 0 Å². The van der Waals surface area contributed by atoms with Crippen molar-refractivity contribution >= 4 is 23.2 Å². The number of nitrogens with one attached hydrogen (secondary N) is 2. The molecule has 0 bridgehead atoms. The molecule has 4 aromatic carbocycles. The summed E-state index contributed by atoms with van der Waals surface area (Å²) in [4.78, 5) is 31.8. The Balaban J connectivity index is 1.05. The second-order valence-corrected chi connectivity index (χ2v) is 14.1. The van der Waals surface area contributed by atoms with Gasteiger partial charge >= 0.3 is 0 Å². The largest absolute Gasteiger partial charge is 0.397 e. The molecule has 1 saturated heterocycles. The highest BCUT2D eigenvalue weighted by Gasteiger charge is 2.33. The van der Waals surface area contributed by atoms with Gasteiger partial charge in [0.15, 0.2) is 6.29 Å². The normalized spacial score (nSPS) is 16.8. The summed E-state index contributed by atoms with van der Waals surface area (Å²) in [6.45, 7) is 1.99. The van der Waals surface area contributed by atoms with Gasteiger partial charge in [-0.1, -0.05) is 91.0 Å². The number of nitrogens with zero attached hydrogens (tertiary/aromatic N) is 2. The van der Waals surface area contributed by atoms with Gasteiger partial charge in [0, 0.05) is 62.8 Å². The molecule has 1 aliphatic heterocycles. The predicted molar refractivity (Wildman–Crippen MR) is 216 cm³/mol. The third kappa shape index (κ3) is 11.6. The Morgan fingerprint density at radius 2 is 1.55 bits per heavy atom. The number of rotatable bonds is 17. The highest BCUT2D eigenvalue weighted by atomic mass is 16.7. The monoisotopic (exact) mass is 741 g/mol. The average Bonchev–Trinajstić information content (AvgIpc) is 3.22. The molecule has 0 aliphatic carbocycles. The number of nitrogens with two attached hydrogens (primary N) is 1. The fourth-order valence-electron chi connectivity index (χ4n) is 6.78. The molecule has 1 aliphatic rings. The number of anilines is 2. The lowest BCUT2D eigenvalue weighted by molar-refractivity contribution is -0.252. The topological polar surface area (TPSA) is 139 Å². The first kappa shape index (κ1) is 39.3. The Kier molecular flexibility index (Phi) is 14.1. The number of benzene rings is 4. The van der Waals surface area contributed by atoms with Crippen LogP contribution >= 0.6 is 0 Å². The van der Waals surface area contributed by atoms with Crippen LogP contribution in [0, 0.1) is 0 Å². The number of pyridine rings is 1. The molecule has 1 aromatic heterocycles. The van der Waals surface area contributed by atoms with E-state index in [0.29, 0.717) is 50.0 Å². The molecule has 286 valence electrons. The van der Waals surface area contributed by atoms with Crippen molar-refractivity contribution in [2.75, 3.05) is 31.2 Å². The summed E-state index contributed by atoms with van der Waals surface area (Å²) in [5, 5.41) is 15.5. The van der Waals surface area contributed by atoms with Gasteiger partial charge < -0.3 is 35.8 Å². The fourth-order valence-corrected chi connectivity index (χ4v) is 6.78. The van der Waals surface area contributed by atoms with Crippen LogP contribution in [0.5, 0.6) is 0 Å². The lowest BCUT2D eigenvalue weighted by atomic mass is 9.97. The maximum absolute atomic E-state index is 12.7. The van der Waals surface area contributed by atoms with Crippen LogP contribution in [0.1, 0.15) is 72.4 Å². The van der Waals surface area contributed by atoms with E-state index in [-0.39, 0.29) is 30.6 Å². The molecule has 10 heteroatoms. The Labute approximate surface area is 323 Å². The van der Waals surface area contributed by atoms with Crippen molar-refractivity contribution in [3.63, 3.8) is 0 Å². The zero-order valence-corrected chi connectivity index (χ0v) is 31.4. The second kappa shape index (κ2) is 19.8. The molecule has 55 heavy (non-hydrogen) atoms. The smallest absolute Gasteiger partial charge is 0.224 e. The lowest BCUT2D eigenvalue weighted by Crippen LogP contribution is -2.38.